The molecule has 1 unspecified atom stereocenters. The van der Waals surface area contributed by atoms with Crippen LogP contribution in [0, 0.1) is 5.82 Å². The molecule has 0 heterocycles. The summed E-state index contributed by atoms with van der Waals surface area (Å²) in [6.07, 6.45) is 6.18. The highest BCUT2D eigenvalue weighted by Crippen LogP contribution is 2.20. The molecule has 2 N–H and O–H groups in total. The fourth-order valence-electron chi connectivity index (χ4n) is 3.08. The standard InChI is InChI=1S/C18H25FN2O2/c1-2-16(13-8-10-14(19)11-9-13)18(23)20-12-17(22)21-15-6-4-3-5-7-15/h8-11,15-16H,2-7,12H2,1H3,(H,20,23)(H,21,22). The Bertz CT molecular complexity index is 524. The summed E-state index contributed by atoms with van der Waals surface area (Å²) in [6, 6.07) is 6.17. The topological polar surface area (TPSA) is 58.2 Å². The van der Waals surface area contributed by atoms with Gasteiger partial charge in [-0.3, -0.25) is 9.59 Å². The van der Waals surface area contributed by atoms with Crippen molar-refractivity contribution in [2.24, 2.45) is 0 Å². The van der Waals surface area contributed by atoms with Gasteiger partial charge in [-0.05, 0) is 37.0 Å². The van der Waals surface area contributed by atoms with E-state index in [1.807, 2.05) is 6.92 Å². The van der Waals surface area contributed by atoms with E-state index in [0.717, 1.165) is 31.2 Å². The molecule has 0 bridgehead atoms. The molecule has 0 aromatic heterocycles. The van der Waals surface area contributed by atoms with Gasteiger partial charge in [0.15, 0.2) is 0 Å². The number of rotatable bonds is 6. The number of benzene rings is 1. The van der Waals surface area contributed by atoms with Gasteiger partial charge in [-0.15, -0.1) is 0 Å². The Kier molecular flexibility index (Phi) is 6.56. The van der Waals surface area contributed by atoms with E-state index >= 15 is 0 Å². The lowest BCUT2D eigenvalue weighted by molar-refractivity contribution is -0.127. The van der Waals surface area contributed by atoms with Crippen LogP contribution in [-0.4, -0.2) is 24.4 Å². The third-order valence-electron chi connectivity index (χ3n) is 4.39. The monoisotopic (exact) mass is 320 g/mol. The molecular weight excluding hydrogens is 295 g/mol. The van der Waals surface area contributed by atoms with E-state index in [2.05, 4.69) is 10.6 Å². The van der Waals surface area contributed by atoms with Gasteiger partial charge in [-0.25, -0.2) is 4.39 Å². The van der Waals surface area contributed by atoms with E-state index in [-0.39, 0.29) is 36.1 Å². The van der Waals surface area contributed by atoms with Crippen molar-refractivity contribution in [1.29, 1.82) is 0 Å². The lowest BCUT2D eigenvalue weighted by Crippen LogP contribution is -2.43. The molecule has 1 fully saturated rings. The van der Waals surface area contributed by atoms with E-state index in [1.54, 1.807) is 12.1 Å². The largest absolute Gasteiger partial charge is 0.352 e. The van der Waals surface area contributed by atoms with Gasteiger partial charge >= 0.3 is 0 Å². The molecule has 0 saturated heterocycles. The number of nitrogens with one attached hydrogen (secondary N) is 2. The van der Waals surface area contributed by atoms with Crippen molar-refractivity contribution in [1.82, 2.24) is 10.6 Å². The minimum atomic E-state index is -0.363. The van der Waals surface area contributed by atoms with Crippen molar-refractivity contribution in [3.05, 3.63) is 35.6 Å². The zero-order chi connectivity index (χ0) is 16.7. The molecule has 1 aromatic carbocycles. The molecule has 1 saturated carbocycles. The van der Waals surface area contributed by atoms with Gasteiger partial charge in [0.25, 0.3) is 0 Å². The first-order valence-corrected chi connectivity index (χ1v) is 8.42. The Balaban J connectivity index is 1.82. The molecule has 2 rings (SSSR count). The first kappa shape index (κ1) is 17.4. The van der Waals surface area contributed by atoms with Crippen LogP contribution in [0.5, 0.6) is 0 Å². The highest BCUT2D eigenvalue weighted by molar-refractivity contribution is 5.88. The summed E-state index contributed by atoms with van der Waals surface area (Å²) in [7, 11) is 0. The Labute approximate surface area is 136 Å². The zero-order valence-electron chi connectivity index (χ0n) is 13.6. The minimum Gasteiger partial charge on any atom is -0.352 e. The van der Waals surface area contributed by atoms with E-state index in [4.69, 9.17) is 0 Å². The second kappa shape index (κ2) is 8.65. The molecule has 23 heavy (non-hydrogen) atoms. The molecule has 1 aliphatic carbocycles. The smallest absolute Gasteiger partial charge is 0.239 e. The van der Waals surface area contributed by atoms with Gasteiger partial charge < -0.3 is 10.6 Å². The maximum Gasteiger partial charge on any atom is 0.239 e. The molecule has 4 nitrogen and oxygen atoms in total. The summed E-state index contributed by atoms with van der Waals surface area (Å²) < 4.78 is 13.0. The number of carbonyl (C=O) groups is 2. The predicted molar refractivity (Wildman–Crippen MR) is 87.5 cm³/mol. The van der Waals surface area contributed by atoms with Gasteiger partial charge in [0.2, 0.25) is 11.8 Å². The molecule has 1 aliphatic rings. The Morgan fingerprint density at radius 2 is 1.83 bits per heavy atom. The normalized spacial score (nSPS) is 16.6. The van der Waals surface area contributed by atoms with Crippen LogP contribution in [0.1, 0.15) is 56.9 Å². The Morgan fingerprint density at radius 1 is 1.17 bits per heavy atom. The molecule has 2 amide bonds. The first-order chi connectivity index (χ1) is 11.1. The lowest BCUT2D eigenvalue weighted by atomic mass is 9.95. The number of hydrogen-bond donors (Lipinski definition) is 2. The van der Waals surface area contributed by atoms with Crippen LogP contribution in [0.25, 0.3) is 0 Å². The SMILES string of the molecule is CCC(C(=O)NCC(=O)NC1CCCCC1)c1ccc(F)cc1. The van der Waals surface area contributed by atoms with Gasteiger partial charge in [0.1, 0.15) is 5.82 Å². The van der Waals surface area contributed by atoms with Crippen LogP contribution in [0.15, 0.2) is 24.3 Å². The van der Waals surface area contributed by atoms with Crippen LogP contribution in [0.4, 0.5) is 4.39 Å². The van der Waals surface area contributed by atoms with Gasteiger partial charge in [0.05, 0.1) is 12.5 Å². The second-order valence-corrected chi connectivity index (χ2v) is 6.13. The fourth-order valence-corrected chi connectivity index (χ4v) is 3.08. The molecule has 0 radical (unpaired) electrons. The quantitative estimate of drug-likeness (QED) is 0.847. The van der Waals surface area contributed by atoms with Crippen molar-refractivity contribution in [2.75, 3.05) is 6.54 Å². The maximum atomic E-state index is 13.0. The zero-order valence-corrected chi connectivity index (χ0v) is 13.6. The highest BCUT2D eigenvalue weighted by atomic mass is 19.1. The van der Waals surface area contributed by atoms with Crippen molar-refractivity contribution >= 4 is 11.8 Å². The molecular formula is C18H25FN2O2. The summed E-state index contributed by atoms with van der Waals surface area (Å²) in [4.78, 5) is 24.2. The van der Waals surface area contributed by atoms with Gasteiger partial charge in [0, 0.05) is 6.04 Å². The average Bonchev–Trinajstić information content (AvgIpc) is 2.56. The molecule has 5 heteroatoms. The van der Waals surface area contributed by atoms with Crippen molar-refractivity contribution in [3.8, 4) is 0 Å². The summed E-state index contributed by atoms with van der Waals surface area (Å²) in [5.41, 5.74) is 0.763. The van der Waals surface area contributed by atoms with E-state index in [1.165, 1.54) is 18.6 Å². The van der Waals surface area contributed by atoms with Gasteiger partial charge in [-0.1, -0.05) is 38.3 Å². The third-order valence-corrected chi connectivity index (χ3v) is 4.39. The number of halogens is 1. The van der Waals surface area contributed by atoms with Crippen LogP contribution >= 0.6 is 0 Å². The minimum absolute atomic E-state index is 0.00692. The number of hydrogen-bond acceptors (Lipinski definition) is 2. The van der Waals surface area contributed by atoms with Crippen LogP contribution in [0.3, 0.4) is 0 Å². The maximum absolute atomic E-state index is 13.0. The lowest BCUT2D eigenvalue weighted by Gasteiger charge is -2.23. The van der Waals surface area contributed by atoms with Crippen molar-refractivity contribution < 1.29 is 14.0 Å². The second-order valence-electron chi connectivity index (χ2n) is 6.13. The summed E-state index contributed by atoms with van der Waals surface area (Å²) in [5, 5.41) is 5.67. The summed E-state index contributed by atoms with van der Waals surface area (Å²) in [5.74, 6) is -1.02. The average molecular weight is 320 g/mol. The molecule has 1 atom stereocenters. The Hall–Kier alpha value is -1.91. The van der Waals surface area contributed by atoms with Gasteiger partial charge in [-0.2, -0.15) is 0 Å². The molecule has 1 aromatic rings. The fraction of sp³-hybridized carbons (Fsp3) is 0.556. The Morgan fingerprint density at radius 3 is 2.43 bits per heavy atom. The summed E-state index contributed by atoms with van der Waals surface area (Å²) >= 11 is 0. The van der Waals surface area contributed by atoms with E-state index < -0.39 is 0 Å². The molecule has 0 spiro atoms. The molecule has 0 aliphatic heterocycles. The van der Waals surface area contributed by atoms with E-state index in [0.29, 0.717) is 6.42 Å². The van der Waals surface area contributed by atoms with Crippen molar-refractivity contribution in [3.63, 3.8) is 0 Å². The number of carbonyl (C=O) groups excluding carboxylic acids is 2. The highest BCUT2D eigenvalue weighted by Gasteiger charge is 2.20. The predicted octanol–water partition coefficient (Wildman–Crippen LogP) is 2.88. The van der Waals surface area contributed by atoms with Crippen LogP contribution < -0.4 is 10.6 Å². The van der Waals surface area contributed by atoms with E-state index in [9.17, 15) is 14.0 Å². The number of amides is 2. The van der Waals surface area contributed by atoms with Crippen LogP contribution in [0.2, 0.25) is 0 Å². The van der Waals surface area contributed by atoms with Crippen molar-refractivity contribution in [2.45, 2.75) is 57.4 Å². The molecule has 126 valence electrons. The third kappa shape index (κ3) is 5.34. The van der Waals surface area contributed by atoms with Crippen LogP contribution in [-0.2, 0) is 9.59 Å². The first-order valence-electron chi connectivity index (χ1n) is 8.42. The summed E-state index contributed by atoms with van der Waals surface area (Å²) in [6.45, 7) is 1.89.